The van der Waals surface area contributed by atoms with Crippen molar-refractivity contribution in [3.05, 3.63) is 53.3 Å². The number of aromatic nitrogens is 4. The summed E-state index contributed by atoms with van der Waals surface area (Å²) >= 11 is 0. The zero-order valence-electron chi connectivity index (χ0n) is 20.8. The molecule has 36 heavy (non-hydrogen) atoms. The Bertz CT molecular complexity index is 1260. The Morgan fingerprint density at radius 2 is 2.00 bits per heavy atom. The van der Waals surface area contributed by atoms with E-state index in [0.29, 0.717) is 48.2 Å². The first-order valence-corrected chi connectivity index (χ1v) is 11.7. The summed E-state index contributed by atoms with van der Waals surface area (Å²) in [6.07, 6.45) is 1.58. The van der Waals surface area contributed by atoms with Crippen molar-refractivity contribution in [3.63, 3.8) is 0 Å². The highest BCUT2D eigenvalue weighted by Crippen LogP contribution is 2.29. The normalized spacial score (nSPS) is 13.8. The van der Waals surface area contributed by atoms with Gasteiger partial charge in [0.15, 0.2) is 5.82 Å². The molecule has 0 aliphatic carbocycles. The van der Waals surface area contributed by atoms with Crippen molar-refractivity contribution in [2.75, 3.05) is 25.6 Å². The first-order chi connectivity index (χ1) is 17.3. The van der Waals surface area contributed by atoms with Gasteiger partial charge in [-0.25, -0.2) is 9.78 Å². The number of carbonyl (C=O) groups is 2. The van der Waals surface area contributed by atoms with Crippen LogP contribution in [0.25, 0.3) is 11.5 Å². The molecule has 0 radical (unpaired) electrons. The van der Waals surface area contributed by atoms with Gasteiger partial charge in [0.25, 0.3) is 5.91 Å². The molecule has 0 bridgehead atoms. The van der Waals surface area contributed by atoms with Gasteiger partial charge in [0, 0.05) is 13.1 Å². The van der Waals surface area contributed by atoms with Gasteiger partial charge in [0.2, 0.25) is 0 Å². The summed E-state index contributed by atoms with van der Waals surface area (Å²) in [7, 11) is 1.52. The van der Waals surface area contributed by atoms with Crippen LogP contribution in [0, 0.1) is 0 Å². The lowest BCUT2D eigenvalue weighted by Gasteiger charge is -2.29. The van der Waals surface area contributed by atoms with E-state index in [1.165, 1.54) is 13.4 Å². The van der Waals surface area contributed by atoms with Gasteiger partial charge in [-0.3, -0.25) is 4.79 Å². The fourth-order valence-electron chi connectivity index (χ4n) is 4.01. The van der Waals surface area contributed by atoms with E-state index in [2.05, 4.69) is 20.5 Å². The molecule has 4 rings (SSSR count). The molecule has 0 saturated carbocycles. The maximum atomic E-state index is 13.3. The van der Waals surface area contributed by atoms with E-state index in [9.17, 15) is 14.7 Å². The Balaban J connectivity index is 1.57. The quantitative estimate of drug-likeness (QED) is 0.512. The number of benzene rings is 1. The predicted molar refractivity (Wildman–Crippen MR) is 132 cm³/mol. The largest absolute Gasteiger partial charge is 0.496 e. The van der Waals surface area contributed by atoms with E-state index in [0.717, 1.165) is 11.1 Å². The minimum Gasteiger partial charge on any atom is -0.496 e. The summed E-state index contributed by atoms with van der Waals surface area (Å²) < 4.78 is 12.5. The highest BCUT2D eigenvalue weighted by molar-refractivity contribution is 6.06. The molecule has 0 fully saturated rings. The summed E-state index contributed by atoms with van der Waals surface area (Å²) in [5.74, 6) is 0.849. The van der Waals surface area contributed by atoms with E-state index in [1.807, 2.05) is 26.8 Å². The molecule has 1 aromatic carbocycles. The van der Waals surface area contributed by atoms with E-state index in [1.54, 1.807) is 33.7 Å². The number of nitrogens with one attached hydrogen (secondary N) is 1. The second-order valence-electron chi connectivity index (χ2n) is 8.88. The van der Waals surface area contributed by atoms with Crippen molar-refractivity contribution in [1.82, 2.24) is 24.6 Å². The number of ether oxygens (including phenoxy) is 2. The monoisotopic (exact) mass is 494 g/mol. The van der Waals surface area contributed by atoms with Crippen LogP contribution < -0.4 is 10.1 Å². The number of amides is 2. The van der Waals surface area contributed by atoms with E-state index >= 15 is 0 Å². The van der Waals surface area contributed by atoms with Crippen LogP contribution in [0.2, 0.25) is 0 Å². The average molecular weight is 495 g/mol. The van der Waals surface area contributed by atoms with Crippen LogP contribution in [-0.2, 0) is 17.7 Å². The number of hydrogen-bond acceptors (Lipinski definition) is 8. The molecule has 0 unspecified atom stereocenters. The summed E-state index contributed by atoms with van der Waals surface area (Å²) in [5, 5.41) is 20.4. The molecule has 1 atom stereocenters. The van der Waals surface area contributed by atoms with Crippen molar-refractivity contribution < 1.29 is 24.2 Å². The number of aliphatic hydroxyl groups excluding tert-OH is 1. The van der Waals surface area contributed by atoms with Crippen LogP contribution in [0.4, 0.5) is 10.6 Å². The van der Waals surface area contributed by atoms with Gasteiger partial charge in [-0.15, -0.1) is 10.2 Å². The van der Waals surface area contributed by atoms with Crippen molar-refractivity contribution >= 4 is 17.8 Å². The highest BCUT2D eigenvalue weighted by atomic mass is 16.6. The number of methoxy groups -OCH3 is 1. The fourth-order valence-corrected chi connectivity index (χ4v) is 4.01. The second kappa shape index (κ2) is 10.7. The van der Waals surface area contributed by atoms with Crippen LogP contribution in [0.15, 0.2) is 36.7 Å². The molecular formula is C25H30N6O5. The lowest BCUT2D eigenvalue weighted by atomic mass is 9.96. The van der Waals surface area contributed by atoms with E-state index in [4.69, 9.17) is 9.47 Å². The molecule has 3 aromatic rings. The van der Waals surface area contributed by atoms with Crippen LogP contribution in [0.1, 0.15) is 48.3 Å². The van der Waals surface area contributed by atoms with E-state index < -0.39 is 5.91 Å². The average Bonchev–Trinajstić information content (AvgIpc) is 3.37. The number of rotatable bonds is 7. The molecule has 2 amide bonds. The Hall–Kier alpha value is -3.99. The highest BCUT2D eigenvalue weighted by Gasteiger charge is 2.26. The van der Waals surface area contributed by atoms with Gasteiger partial charge >= 0.3 is 6.09 Å². The molecular weight excluding hydrogens is 464 g/mol. The molecule has 190 valence electrons. The molecule has 1 aliphatic heterocycles. The van der Waals surface area contributed by atoms with E-state index in [-0.39, 0.29) is 24.8 Å². The Morgan fingerprint density at radius 3 is 2.72 bits per heavy atom. The van der Waals surface area contributed by atoms with Crippen LogP contribution in [-0.4, -0.2) is 68.1 Å². The first kappa shape index (κ1) is 25.1. The lowest BCUT2D eigenvalue weighted by Crippen LogP contribution is -2.37. The van der Waals surface area contributed by atoms with Crippen LogP contribution in [0.3, 0.4) is 0 Å². The molecule has 3 heterocycles. The van der Waals surface area contributed by atoms with Crippen LogP contribution in [0.5, 0.6) is 5.75 Å². The van der Waals surface area contributed by atoms with Gasteiger partial charge in [0.05, 0.1) is 31.4 Å². The predicted octanol–water partition coefficient (Wildman–Crippen LogP) is 3.06. The summed E-state index contributed by atoms with van der Waals surface area (Å²) in [4.78, 5) is 31.8. The first-order valence-electron chi connectivity index (χ1n) is 11.7. The number of hydrogen-bond donors (Lipinski definition) is 2. The summed E-state index contributed by atoms with van der Waals surface area (Å²) in [5.41, 5.74) is 2.72. The Kier molecular flexibility index (Phi) is 7.49. The standard InChI is InChI=1S/C25H30N6O5/c1-15(2)36-25(34)30-9-8-17-11-21(35-4)19(10-18(17)12-30)24(33)28-22-7-5-6-20(27-22)23-29-26-14-31(23)16(3)13-32/h5-7,10-11,14-16,32H,8-9,12-13H2,1-4H3,(H,27,28,33)/t16-/m1/s1. The topological polar surface area (TPSA) is 132 Å². The minimum absolute atomic E-state index is 0.0772. The zero-order valence-corrected chi connectivity index (χ0v) is 20.8. The number of aliphatic hydroxyl groups is 1. The van der Waals surface area contributed by atoms with Gasteiger partial charge < -0.3 is 29.4 Å². The van der Waals surface area contributed by atoms with Crippen molar-refractivity contribution in [2.24, 2.45) is 0 Å². The van der Waals surface area contributed by atoms with Gasteiger partial charge in [-0.1, -0.05) is 6.07 Å². The Labute approximate surface area is 209 Å². The third-order valence-electron chi connectivity index (χ3n) is 5.91. The maximum Gasteiger partial charge on any atom is 0.410 e. The minimum atomic E-state index is -0.397. The number of anilines is 1. The molecule has 2 aromatic heterocycles. The third-order valence-corrected chi connectivity index (χ3v) is 5.91. The van der Waals surface area contributed by atoms with Crippen molar-refractivity contribution in [3.8, 4) is 17.3 Å². The van der Waals surface area contributed by atoms with Crippen molar-refractivity contribution in [2.45, 2.75) is 45.9 Å². The number of fused-ring (bicyclic) bond motifs is 1. The summed E-state index contributed by atoms with van der Waals surface area (Å²) in [6, 6.07) is 8.55. The summed E-state index contributed by atoms with van der Waals surface area (Å²) in [6.45, 7) is 6.25. The van der Waals surface area contributed by atoms with Gasteiger partial charge in [-0.05, 0) is 62.6 Å². The molecule has 11 nitrogen and oxygen atoms in total. The lowest BCUT2D eigenvalue weighted by molar-refractivity contribution is 0.0730. The second-order valence-corrected chi connectivity index (χ2v) is 8.88. The maximum absolute atomic E-state index is 13.3. The van der Waals surface area contributed by atoms with Crippen molar-refractivity contribution in [1.29, 1.82) is 0 Å². The zero-order chi connectivity index (χ0) is 25.8. The third kappa shape index (κ3) is 5.30. The smallest absolute Gasteiger partial charge is 0.410 e. The van der Waals surface area contributed by atoms with Gasteiger partial charge in [-0.2, -0.15) is 0 Å². The van der Waals surface area contributed by atoms with Crippen LogP contribution >= 0.6 is 0 Å². The van der Waals surface area contributed by atoms with Gasteiger partial charge in [0.1, 0.15) is 23.6 Å². The Morgan fingerprint density at radius 1 is 1.19 bits per heavy atom. The molecule has 0 spiro atoms. The SMILES string of the molecule is COc1cc2c(cc1C(=O)Nc1cccc(-c3nncn3[C@H](C)CO)n1)CN(C(=O)OC(C)C)CC2. The number of nitrogens with zero attached hydrogens (tertiary/aromatic N) is 5. The number of pyridine rings is 1. The molecule has 0 saturated heterocycles. The molecule has 2 N–H and O–H groups in total. The fraction of sp³-hybridized carbons (Fsp3) is 0.400. The number of carbonyl (C=O) groups excluding carboxylic acids is 2. The molecule has 1 aliphatic rings. The molecule has 11 heteroatoms.